The summed E-state index contributed by atoms with van der Waals surface area (Å²) in [4.78, 5) is 11.8. The third-order valence-corrected chi connectivity index (χ3v) is 2.71. The van der Waals surface area contributed by atoms with Crippen molar-refractivity contribution in [1.82, 2.24) is 0 Å². The standard InChI is InChI=1S/C14H18N2O2/c1-10(2)13(9-15)14(18)16-12-5-3-11(4-6-12)7-8-17/h3-6,10,13,17H,7-8H2,1-2H3,(H,16,18). The third kappa shape index (κ3) is 3.86. The van der Waals surface area contributed by atoms with Gasteiger partial charge in [-0.25, -0.2) is 0 Å². The van der Waals surface area contributed by atoms with Crippen LogP contribution in [0.1, 0.15) is 19.4 Å². The number of benzene rings is 1. The minimum absolute atomic E-state index is 0.0105. The Labute approximate surface area is 107 Å². The van der Waals surface area contributed by atoms with Crippen molar-refractivity contribution < 1.29 is 9.90 Å². The number of nitrogens with one attached hydrogen (secondary N) is 1. The van der Waals surface area contributed by atoms with Gasteiger partial charge in [0, 0.05) is 12.3 Å². The Kier molecular flexibility index (Phi) is 5.34. The largest absolute Gasteiger partial charge is 0.396 e. The predicted octanol–water partition coefficient (Wildman–Crippen LogP) is 1.96. The van der Waals surface area contributed by atoms with Gasteiger partial charge in [0.05, 0.1) is 6.07 Å². The first-order chi connectivity index (χ1) is 8.58. The molecule has 0 fully saturated rings. The number of carbonyl (C=O) groups is 1. The number of anilines is 1. The molecule has 1 aromatic rings. The van der Waals surface area contributed by atoms with Crippen LogP contribution >= 0.6 is 0 Å². The average Bonchev–Trinajstić information content (AvgIpc) is 2.32. The van der Waals surface area contributed by atoms with E-state index >= 15 is 0 Å². The van der Waals surface area contributed by atoms with E-state index in [1.165, 1.54) is 0 Å². The zero-order valence-electron chi connectivity index (χ0n) is 10.7. The molecular weight excluding hydrogens is 228 g/mol. The van der Waals surface area contributed by atoms with Crippen molar-refractivity contribution in [3.05, 3.63) is 29.8 Å². The second-order valence-electron chi connectivity index (χ2n) is 4.51. The van der Waals surface area contributed by atoms with Crippen LogP contribution in [-0.4, -0.2) is 17.6 Å². The summed E-state index contributed by atoms with van der Waals surface area (Å²) in [5.41, 5.74) is 1.68. The lowest BCUT2D eigenvalue weighted by atomic mass is 9.96. The van der Waals surface area contributed by atoms with Crippen molar-refractivity contribution in [2.75, 3.05) is 11.9 Å². The van der Waals surface area contributed by atoms with Gasteiger partial charge in [0.15, 0.2) is 0 Å². The van der Waals surface area contributed by atoms with Gasteiger partial charge < -0.3 is 10.4 Å². The third-order valence-electron chi connectivity index (χ3n) is 2.71. The van der Waals surface area contributed by atoms with Crippen LogP contribution < -0.4 is 5.32 Å². The minimum Gasteiger partial charge on any atom is -0.396 e. The maximum Gasteiger partial charge on any atom is 0.241 e. The van der Waals surface area contributed by atoms with Gasteiger partial charge in [0.25, 0.3) is 0 Å². The second-order valence-corrected chi connectivity index (χ2v) is 4.51. The lowest BCUT2D eigenvalue weighted by Gasteiger charge is -2.13. The Morgan fingerprint density at radius 3 is 2.44 bits per heavy atom. The summed E-state index contributed by atoms with van der Waals surface area (Å²) in [6, 6.07) is 9.26. The normalized spacial score (nSPS) is 11.9. The van der Waals surface area contributed by atoms with Gasteiger partial charge in [0.1, 0.15) is 5.92 Å². The zero-order valence-corrected chi connectivity index (χ0v) is 10.7. The molecule has 0 aliphatic heterocycles. The van der Waals surface area contributed by atoms with Crippen LogP contribution in [0.15, 0.2) is 24.3 Å². The molecule has 18 heavy (non-hydrogen) atoms. The Hall–Kier alpha value is -1.86. The molecule has 0 radical (unpaired) electrons. The summed E-state index contributed by atoms with van der Waals surface area (Å²) >= 11 is 0. The van der Waals surface area contributed by atoms with E-state index in [0.29, 0.717) is 12.1 Å². The van der Waals surface area contributed by atoms with Gasteiger partial charge >= 0.3 is 0 Å². The number of hydrogen-bond acceptors (Lipinski definition) is 3. The lowest BCUT2D eigenvalue weighted by Crippen LogP contribution is -2.25. The van der Waals surface area contributed by atoms with E-state index in [1.807, 2.05) is 32.0 Å². The van der Waals surface area contributed by atoms with Gasteiger partial charge in [0.2, 0.25) is 5.91 Å². The topological polar surface area (TPSA) is 73.1 Å². The lowest BCUT2D eigenvalue weighted by molar-refractivity contribution is -0.119. The summed E-state index contributed by atoms with van der Waals surface area (Å²) in [6.07, 6.45) is 0.598. The highest BCUT2D eigenvalue weighted by Gasteiger charge is 2.21. The van der Waals surface area contributed by atoms with Crippen LogP contribution in [0.5, 0.6) is 0 Å². The van der Waals surface area contributed by atoms with Crippen molar-refractivity contribution in [3.63, 3.8) is 0 Å². The number of amides is 1. The molecule has 96 valence electrons. The molecule has 1 rings (SSSR count). The molecule has 1 amide bonds. The van der Waals surface area contributed by atoms with Crippen molar-refractivity contribution >= 4 is 11.6 Å². The summed E-state index contributed by atoms with van der Waals surface area (Å²) in [5, 5.41) is 20.4. The fraction of sp³-hybridized carbons (Fsp3) is 0.429. The van der Waals surface area contributed by atoms with Gasteiger partial charge in [-0.15, -0.1) is 0 Å². The maximum atomic E-state index is 11.8. The molecule has 1 aromatic carbocycles. The van der Waals surface area contributed by atoms with E-state index in [9.17, 15) is 4.79 Å². The quantitative estimate of drug-likeness (QED) is 0.834. The number of carbonyl (C=O) groups excluding carboxylic acids is 1. The van der Waals surface area contributed by atoms with Crippen LogP contribution in [0.2, 0.25) is 0 Å². The molecule has 0 heterocycles. The fourth-order valence-corrected chi connectivity index (χ4v) is 1.61. The van der Waals surface area contributed by atoms with Crippen LogP contribution in [0.3, 0.4) is 0 Å². The smallest absolute Gasteiger partial charge is 0.241 e. The van der Waals surface area contributed by atoms with Gasteiger partial charge in [-0.2, -0.15) is 5.26 Å². The van der Waals surface area contributed by atoms with Crippen LogP contribution in [0.4, 0.5) is 5.69 Å². The minimum atomic E-state index is -0.637. The Bertz CT molecular complexity index is 432. The van der Waals surface area contributed by atoms with Crippen LogP contribution in [-0.2, 0) is 11.2 Å². The number of hydrogen-bond donors (Lipinski definition) is 2. The molecule has 0 aliphatic rings. The van der Waals surface area contributed by atoms with Crippen LogP contribution in [0, 0.1) is 23.2 Å². The molecule has 0 saturated heterocycles. The van der Waals surface area contributed by atoms with E-state index in [-0.39, 0.29) is 18.4 Å². The molecule has 2 N–H and O–H groups in total. The number of aliphatic hydroxyl groups excluding tert-OH is 1. The number of nitriles is 1. The average molecular weight is 246 g/mol. The highest BCUT2D eigenvalue weighted by Crippen LogP contribution is 2.15. The zero-order chi connectivity index (χ0) is 13.5. The SMILES string of the molecule is CC(C)C(C#N)C(=O)Nc1ccc(CCO)cc1. The Morgan fingerprint density at radius 2 is 2.00 bits per heavy atom. The van der Waals surface area contributed by atoms with Gasteiger partial charge in [-0.3, -0.25) is 4.79 Å². The van der Waals surface area contributed by atoms with Crippen molar-refractivity contribution in [2.24, 2.45) is 11.8 Å². The van der Waals surface area contributed by atoms with Crippen molar-refractivity contribution in [3.8, 4) is 6.07 Å². The number of aliphatic hydroxyl groups is 1. The molecular formula is C14H18N2O2. The maximum absolute atomic E-state index is 11.8. The summed E-state index contributed by atoms with van der Waals surface area (Å²) in [5.74, 6) is -0.923. The predicted molar refractivity (Wildman–Crippen MR) is 69.8 cm³/mol. The summed E-state index contributed by atoms with van der Waals surface area (Å²) < 4.78 is 0. The molecule has 0 spiro atoms. The fourth-order valence-electron chi connectivity index (χ4n) is 1.61. The molecule has 1 unspecified atom stereocenters. The van der Waals surface area contributed by atoms with Crippen molar-refractivity contribution in [1.29, 1.82) is 5.26 Å². The molecule has 1 atom stereocenters. The molecule has 4 nitrogen and oxygen atoms in total. The highest BCUT2D eigenvalue weighted by molar-refractivity contribution is 5.94. The number of rotatable bonds is 5. The molecule has 0 bridgehead atoms. The van der Waals surface area contributed by atoms with E-state index in [0.717, 1.165) is 5.56 Å². The summed E-state index contributed by atoms with van der Waals surface area (Å²) in [6.45, 7) is 3.80. The summed E-state index contributed by atoms with van der Waals surface area (Å²) in [7, 11) is 0. The van der Waals surface area contributed by atoms with Crippen molar-refractivity contribution in [2.45, 2.75) is 20.3 Å². The first-order valence-electron chi connectivity index (χ1n) is 5.98. The van der Waals surface area contributed by atoms with Gasteiger partial charge in [-0.05, 0) is 30.0 Å². The monoisotopic (exact) mass is 246 g/mol. The molecule has 4 heteroatoms. The molecule has 0 aliphatic carbocycles. The Balaban J connectivity index is 2.67. The first kappa shape index (κ1) is 14.2. The van der Waals surface area contributed by atoms with E-state index in [1.54, 1.807) is 12.1 Å². The van der Waals surface area contributed by atoms with E-state index in [2.05, 4.69) is 5.32 Å². The van der Waals surface area contributed by atoms with E-state index in [4.69, 9.17) is 10.4 Å². The molecule has 0 aromatic heterocycles. The second kappa shape index (κ2) is 6.77. The Morgan fingerprint density at radius 1 is 1.39 bits per heavy atom. The van der Waals surface area contributed by atoms with E-state index < -0.39 is 5.92 Å². The van der Waals surface area contributed by atoms with Crippen LogP contribution in [0.25, 0.3) is 0 Å². The molecule has 0 saturated carbocycles. The first-order valence-corrected chi connectivity index (χ1v) is 5.98. The number of nitrogens with zero attached hydrogens (tertiary/aromatic N) is 1. The van der Waals surface area contributed by atoms with Gasteiger partial charge in [-0.1, -0.05) is 26.0 Å². The highest BCUT2D eigenvalue weighted by atomic mass is 16.2.